The lowest BCUT2D eigenvalue weighted by molar-refractivity contribution is 0.428. The van der Waals surface area contributed by atoms with Gasteiger partial charge in [-0.1, -0.05) is 89.1 Å². The van der Waals surface area contributed by atoms with Crippen LogP contribution in [0.15, 0.2) is 0 Å². The molecule has 2 bridgehead atoms. The van der Waals surface area contributed by atoms with Gasteiger partial charge in [0.15, 0.2) is 0 Å². The van der Waals surface area contributed by atoms with Gasteiger partial charge in [-0.2, -0.15) is 0 Å². The van der Waals surface area contributed by atoms with E-state index >= 15 is 0 Å². The summed E-state index contributed by atoms with van der Waals surface area (Å²) in [6.45, 7) is 5.91. The Labute approximate surface area is 96.3 Å². The number of rotatable bonds is 4. The van der Waals surface area contributed by atoms with E-state index in [-0.39, 0.29) is 0 Å². The second kappa shape index (κ2) is 5.41. The third-order valence-corrected chi connectivity index (χ3v) is 5.12. The maximum absolute atomic E-state index is 2.42. The maximum Gasteiger partial charge on any atom is 0.149 e. The normalized spacial score (nSPS) is 32.8. The Morgan fingerprint density at radius 3 is 1.93 bits per heavy atom. The molecule has 0 aromatic heterocycles. The monoisotopic (exact) mass is 206 g/mol. The summed E-state index contributed by atoms with van der Waals surface area (Å²) in [5.74, 6) is 3.30. The van der Waals surface area contributed by atoms with E-state index in [1.54, 1.807) is 25.7 Å². The van der Waals surface area contributed by atoms with Crippen molar-refractivity contribution in [1.82, 2.24) is 0 Å². The summed E-state index contributed by atoms with van der Waals surface area (Å²) in [7, 11) is 0. The highest BCUT2D eigenvalue weighted by Crippen LogP contribution is 2.51. The van der Waals surface area contributed by atoms with E-state index in [1.165, 1.54) is 32.1 Å². The van der Waals surface area contributed by atoms with Crippen LogP contribution in [-0.2, 0) is 0 Å². The number of hydrogen-bond donors (Lipinski definition) is 0. The summed E-state index contributed by atoms with van der Waals surface area (Å²) in [6, 6.07) is 0. The topological polar surface area (TPSA) is 0 Å². The van der Waals surface area contributed by atoms with Crippen molar-refractivity contribution >= 4 is 6.71 Å². The Kier molecular flexibility index (Phi) is 4.17. The predicted molar refractivity (Wildman–Crippen MR) is 69.9 cm³/mol. The molecule has 0 nitrogen and oxygen atoms in total. The zero-order valence-corrected chi connectivity index (χ0v) is 10.7. The van der Waals surface area contributed by atoms with Crippen molar-refractivity contribution in [1.29, 1.82) is 0 Å². The average molecular weight is 206 g/mol. The summed E-state index contributed by atoms with van der Waals surface area (Å²) in [5.41, 5.74) is 0. The molecule has 0 aromatic rings. The van der Waals surface area contributed by atoms with Crippen LogP contribution < -0.4 is 0 Å². The van der Waals surface area contributed by atoms with E-state index in [9.17, 15) is 0 Å². The standard InChI is InChI=1S/C14H27B/c1-3-7-12(4-2)15-13-8-5-9-14(15)11-6-10-13/h12-14H,3-11H2,1-2H3/t12-,13?,14?/m1/s1. The summed E-state index contributed by atoms with van der Waals surface area (Å²) >= 11 is 0. The van der Waals surface area contributed by atoms with Crippen molar-refractivity contribution in [3.63, 3.8) is 0 Å². The average Bonchev–Trinajstić information content (AvgIpc) is 2.25. The fraction of sp³-hybridized carbons (Fsp3) is 1.00. The second-order valence-electron chi connectivity index (χ2n) is 5.92. The lowest BCUT2D eigenvalue weighted by Gasteiger charge is -2.44. The minimum absolute atomic E-state index is 1.06. The van der Waals surface area contributed by atoms with Crippen LogP contribution >= 0.6 is 0 Å². The second-order valence-corrected chi connectivity index (χ2v) is 5.92. The first-order chi connectivity index (χ1) is 7.36. The Balaban J connectivity index is 2.03. The minimum atomic E-state index is 1.06. The lowest BCUT2D eigenvalue weighted by Crippen LogP contribution is -2.38. The molecule has 2 saturated heterocycles. The highest BCUT2D eigenvalue weighted by atomic mass is 14.3. The Hall–Kier alpha value is 0.0649. The van der Waals surface area contributed by atoms with Gasteiger partial charge in [0, 0.05) is 0 Å². The van der Waals surface area contributed by atoms with Gasteiger partial charge in [0.2, 0.25) is 0 Å². The van der Waals surface area contributed by atoms with Gasteiger partial charge in [0.05, 0.1) is 0 Å². The summed E-state index contributed by atoms with van der Waals surface area (Å²) in [4.78, 5) is 0. The van der Waals surface area contributed by atoms with Gasteiger partial charge < -0.3 is 0 Å². The molecule has 86 valence electrons. The van der Waals surface area contributed by atoms with Crippen molar-refractivity contribution in [2.75, 3.05) is 0 Å². The fourth-order valence-electron chi connectivity index (χ4n) is 4.54. The van der Waals surface area contributed by atoms with Crippen LogP contribution in [0.5, 0.6) is 0 Å². The van der Waals surface area contributed by atoms with Gasteiger partial charge in [-0.25, -0.2) is 0 Å². The van der Waals surface area contributed by atoms with Crippen LogP contribution in [0, 0.1) is 0 Å². The van der Waals surface area contributed by atoms with E-state index < -0.39 is 0 Å². The van der Waals surface area contributed by atoms with Gasteiger partial charge in [0.1, 0.15) is 6.71 Å². The molecule has 2 fully saturated rings. The summed E-state index contributed by atoms with van der Waals surface area (Å²) < 4.78 is 0. The van der Waals surface area contributed by atoms with Crippen LogP contribution in [0.25, 0.3) is 0 Å². The first-order valence-corrected chi connectivity index (χ1v) is 7.36. The van der Waals surface area contributed by atoms with Crippen molar-refractivity contribution in [2.24, 2.45) is 0 Å². The molecule has 1 heteroatoms. The molecular formula is C14H27B. The first kappa shape index (κ1) is 11.5. The molecule has 0 unspecified atom stereocenters. The Morgan fingerprint density at radius 2 is 1.53 bits per heavy atom. The highest BCUT2D eigenvalue weighted by Gasteiger charge is 2.42. The Bertz CT molecular complexity index is 168. The van der Waals surface area contributed by atoms with Crippen molar-refractivity contribution < 1.29 is 0 Å². The van der Waals surface area contributed by atoms with E-state index in [2.05, 4.69) is 13.8 Å². The van der Waals surface area contributed by atoms with E-state index in [1.807, 2.05) is 0 Å². The van der Waals surface area contributed by atoms with Crippen molar-refractivity contribution in [3.8, 4) is 0 Å². The molecule has 0 N–H and O–H groups in total. The van der Waals surface area contributed by atoms with Crippen LogP contribution in [0.2, 0.25) is 17.5 Å². The molecule has 0 radical (unpaired) electrons. The molecule has 0 saturated carbocycles. The van der Waals surface area contributed by atoms with Crippen molar-refractivity contribution in [3.05, 3.63) is 0 Å². The molecule has 0 amide bonds. The molecule has 1 atom stereocenters. The van der Waals surface area contributed by atoms with Gasteiger partial charge in [-0.3, -0.25) is 0 Å². The third kappa shape index (κ3) is 2.42. The van der Waals surface area contributed by atoms with Gasteiger partial charge in [0.25, 0.3) is 0 Å². The smallest absolute Gasteiger partial charge is 0.0658 e. The summed E-state index contributed by atoms with van der Waals surface area (Å²) in [6.07, 6.45) is 13.6. The van der Waals surface area contributed by atoms with E-state index in [0.717, 1.165) is 24.2 Å². The molecule has 2 rings (SSSR count). The van der Waals surface area contributed by atoms with E-state index in [4.69, 9.17) is 0 Å². The fourth-order valence-corrected chi connectivity index (χ4v) is 4.54. The van der Waals surface area contributed by atoms with Crippen LogP contribution in [0.1, 0.15) is 71.6 Å². The van der Waals surface area contributed by atoms with Gasteiger partial charge in [-0.15, -0.1) is 0 Å². The lowest BCUT2D eigenvalue weighted by atomic mass is 9.22. The first-order valence-electron chi connectivity index (χ1n) is 7.36. The molecule has 0 aliphatic carbocycles. The SMILES string of the molecule is CCC[C@@H](CC)B1C2CCCC1CCC2. The zero-order valence-electron chi connectivity index (χ0n) is 10.7. The number of fused-ring (bicyclic) bond motifs is 2. The Morgan fingerprint density at radius 1 is 1.00 bits per heavy atom. The number of hydrogen-bond acceptors (Lipinski definition) is 0. The van der Waals surface area contributed by atoms with Gasteiger partial charge >= 0.3 is 0 Å². The summed E-state index contributed by atoms with van der Waals surface area (Å²) in [5, 5.41) is 0. The van der Waals surface area contributed by atoms with Gasteiger partial charge in [-0.05, 0) is 0 Å². The van der Waals surface area contributed by atoms with Crippen LogP contribution in [0.3, 0.4) is 0 Å². The predicted octanol–water partition coefficient (Wildman–Crippen LogP) is 5.17. The molecule has 0 spiro atoms. The van der Waals surface area contributed by atoms with Crippen LogP contribution in [-0.4, -0.2) is 6.71 Å². The molecule has 2 aliphatic heterocycles. The molecule has 15 heavy (non-hydrogen) atoms. The largest absolute Gasteiger partial charge is 0.149 e. The maximum atomic E-state index is 2.42. The highest BCUT2D eigenvalue weighted by molar-refractivity contribution is 6.64. The zero-order chi connectivity index (χ0) is 10.7. The van der Waals surface area contributed by atoms with E-state index in [0.29, 0.717) is 0 Å². The van der Waals surface area contributed by atoms with Crippen LogP contribution in [0.4, 0.5) is 0 Å². The minimum Gasteiger partial charge on any atom is -0.0658 e. The molecule has 0 aromatic carbocycles. The molecule has 2 aliphatic rings. The van der Waals surface area contributed by atoms with Crippen molar-refractivity contribution in [2.45, 2.75) is 89.1 Å². The molecular weight excluding hydrogens is 179 g/mol. The quantitative estimate of drug-likeness (QED) is 0.556. The third-order valence-electron chi connectivity index (χ3n) is 5.12. The molecule has 2 heterocycles.